The Morgan fingerprint density at radius 1 is 1.04 bits per heavy atom. The van der Waals surface area contributed by atoms with Crippen LogP contribution in [0, 0.1) is 0 Å². The van der Waals surface area contributed by atoms with Crippen LogP contribution in [0.3, 0.4) is 0 Å². The summed E-state index contributed by atoms with van der Waals surface area (Å²) >= 11 is 1.29. The number of anilines is 1. The SMILES string of the molecule is O=C(NC1CCCCC1)NC1CCN(C(=O)Nc2nncs2)CC1. The first-order chi connectivity index (χ1) is 11.7. The number of nitrogens with one attached hydrogen (secondary N) is 3. The lowest BCUT2D eigenvalue weighted by Crippen LogP contribution is -2.51. The average Bonchev–Trinajstić information content (AvgIpc) is 3.09. The van der Waals surface area contributed by atoms with Crippen LogP contribution >= 0.6 is 11.3 Å². The van der Waals surface area contributed by atoms with E-state index in [-0.39, 0.29) is 18.1 Å². The molecule has 1 saturated heterocycles. The summed E-state index contributed by atoms with van der Waals surface area (Å²) < 4.78 is 0. The molecule has 0 aromatic carbocycles. The van der Waals surface area contributed by atoms with Crippen LogP contribution in [0.4, 0.5) is 14.7 Å². The zero-order valence-electron chi connectivity index (χ0n) is 13.7. The Labute approximate surface area is 145 Å². The van der Waals surface area contributed by atoms with Crippen LogP contribution in [0.1, 0.15) is 44.9 Å². The molecule has 2 fully saturated rings. The Kier molecular flexibility index (Phi) is 5.84. The van der Waals surface area contributed by atoms with E-state index in [1.807, 2.05) is 0 Å². The number of likely N-dealkylation sites (tertiary alicyclic amines) is 1. The van der Waals surface area contributed by atoms with Crippen molar-refractivity contribution < 1.29 is 9.59 Å². The Balaban J connectivity index is 1.36. The van der Waals surface area contributed by atoms with E-state index in [0.717, 1.165) is 25.7 Å². The minimum atomic E-state index is -0.156. The number of piperidine rings is 1. The van der Waals surface area contributed by atoms with Gasteiger partial charge < -0.3 is 15.5 Å². The van der Waals surface area contributed by atoms with Crippen molar-refractivity contribution in [2.75, 3.05) is 18.4 Å². The monoisotopic (exact) mass is 352 g/mol. The molecule has 1 aromatic rings. The van der Waals surface area contributed by atoms with Gasteiger partial charge in [-0.15, -0.1) is 10.2 Å². The van der Waals surface area contributed by atoms with Crippen LogP contribution < -0.4 is 16.0 Å². The van der Waals surface area contributed by atoms with Crippen LogP contribution in [0.5, 0.6) is 0 Å². The maximum absolute atomic E-state index is 12.1. The van der Waals surface area contributed by atoms with Crippen molar-refractivity contribution in [3.8, 4) is 0 Å². The molecule has 0 atom stereocenters. The van der Waals surface area contributed by atoms with Crippen molar-refractivity contribution in [3.63, 3.8) is 0 Å². The Bertz CT molecular complexity index is 538. The van der Waals surface area contributed by atoms with E-state index in [2.05, 4.69) is 26.1 Å². The Morgan fingerprint density at radius 3 is 2.33 bits per heavy atom. The second-order valence-corrected chi connectivity index (χ2v) is 7.22. The van der Waals surface area contributed by atoms with Crippen molar-refractivity contribution in [3.05, 3.63) is 5.51 Å². The summed E-state index contributed by atoms with van der Waals surface area (Å²) in [7, 11) is 0. The number of amides is 4. The van der Waals surface area contributed by atoms with Crippen LogP contribution in [0.15, 0.2) is 5.51 Å². The third-order valence-corrected chi connectivity index (χ3v) is 5.24. The number of aromatic nitrogens is 2. The molecule has 3 N–H and O–H groups in total. The van der Waals surface area contributed by atoms with Crippen LogP contribution in [-0.4, -0.2) is 52.3 Å². The molecule has 1 aliphatic carbocycles. The molecule has 9 heteroatoms. The highest BCUT2D eigenvalue weighted by molar-refractivity contribution is 7.13. The van der Waals surface area contributed by atoms with Gasteiger partial charge in [0.05, 0.1) is 0 Å². The van der Waals surface area contributed by atoms with E-state index in [1.54, 1.807) is 10.4 Å². The van der Waals surface area contributed by atoms with Gasteiger partial charge in [-0.25, -0.2) is 9.59 Å². The second-order valence-electron chi connectivity index (χ2n) is 6.39. The number of carbonyl (C=O) groups is 2. The van der Waals surface area contributed by atoms with E-state index in [1.165, 1.54) is 30.6 Å². The third kappa shape index (κ3) is 4.80. The van der Waals surface area contributed by atoms with Crippen LogP contribution in [-0.2, 0) is 0 Å². The van der Waals surface area contributed by atoms with Crippen molar-refractivity contribution >= 4 is 28.5 Å². The van der Waals surface area contributed by atoms with Gasteiger partial charge in [0.25, 0.3) is 0 Å². The fourth-order valence-corrected chi connectivity index (χ4v) is 3.72. The third-order valence-electron chi connectivity index (χ3n) is 4.63. The number of carbonyl (C=O) groups excluding carboxylic acids is 2. The molecule has 1 saturated carbocycles. The smallest absolute Gasteiger partial charge is 0.323 e. The normalized spacial score (nSPS) is 19.8. The number of rotatable bonds is 3. The van der Waals surface area contributed by atoms with Gasteiger partial charge >= 0.3 is 12.1 Å². The van der Waals surface area contributed by atoms with Crippen LogP contribution in [0.2, 0.25) is 0 Å². The van der Waals surface area contributed by atoms with Gasteiger partial charge in [-0.05, 0) is 25.7 Å². The van der Waals surface area contributed by atoms with Gasteiger partial charge in [-0.2, -0.15) is 0 Å². The molecular weight excluding hydrogens is 328 g/mol. The molecule has 2 heterocycles. The van der Waals surface area contributed by atoms with Gasteiger partial charge in [0.1, 0.15) is 5.51 Å². The lowest BCUT2D eigenvalue weighted by molar-refractivity contribution is 0.186. The summed E-state index contributed by atoms with van der Waals surface area (Å²) in [5.41, 5.74) is 1.58. The van der Waals surface area contributed by atoms with E-state index in [9.17, 15) is 9.59 Å². The first-order valence-electron chi connectivity index (χ1n) is 8.60. The highest BCUT2D eigenvalue weighted by atomic mass is 32.1. The minimum absolute atomic E-state index is 0.0707. The first kappa shape index (κ1) is 16.9. The molecular formula is C15H24N6O2S. The highest BCUT2D eigenvalue weighted by Crippen LogP contribution is 2.18. The van der Waals surface area contributed by atoms with Gasteiger partial charge in [0.2, 0.25) is 5.13 Å². The molecule has 1 aromatic heterocycles. The largest absolute Gasteiger partial charge is 0.335 e. The van der Waals surface area contributed by atoms with Crippen LogP contribution in [0.25, 0.3) is 0 Å². The fourth-order valence-electron chi connectivity index (χ4n) is 3.28. The van der Waals surface area contributed by atoms with E-state index < -0.39 is 0 Å². The van der Waals surface area contributed by atoms with Gasteiger partial charge in [0.15, 0.2) is 0 Å². The molecule has 0 radical (unpaired) electrons. The molecule has 1 aliphatic heterocycles. The molecule has 0 unspecified atom stereocenters. The van der Waals surface area contributed by atoms with Crippen molar-refractivity contribution in [1.82, 2.24) is 25.7 Å². The van der Waals surface area contributed by atoms with Gasteiger partial charge in [0, 0.05) is 25.2 Å². The maximum Gasteiger partial charge on any atom is 0.323 e. The predicted octanol–water partition coefficient (Wildman–Crippen LogP) is 2.17. The van der Waals surface area contributed by atoms with E-state index in [0.29, 0.717) is 24.3 Å². The van der Waals surface area contributed by atoms with Gasteiger partial charge in [-0.1, -0.05) is 30.6 Å². The van der Waals surface area contributed by atoms with Gasteiger partial charge in [-0.3, -0.25) is 5.32 Å². The lowest BCUT2D eigenvalue weighted by atomic mass is 9.96. The van der Waals surface area contributed by atoms with Crippen molar-refractivity contribution in [2.45, 2.75) is 57.0 Å². The molecule has 0 bridgehead atoms. The predicted molar refractivity (Wildman–Crippen MR) is 92.1 cm³/mol. The van der Waals surface area contributed by atoms with Crippen molar-refractivity contribution in [1.29, 1.82) is 0 Å². The van der Waals surface area contributed by atoms with E-state index in [4.69, 9.17) is 0 Å². The number of hydrogen-bond donors (Lipinski definition) is 3. The number of urea groups is 2. The topological polar surface area (TPSA) is 99.2 Å². The highest BCUT2D eigenvalue weighted by Gasteiger charge is 2.25. The average molecular weight is 352 g/mol. The number of hydrogen-bond acceptors (Lipinski definition) is 5. The molecule has 0 spiro atoms. The Hall–Kier alpha value is -1.90. The molecule has 132 valence electrons. The quantitative estimate of drug-likeness (QED) is 0.776. The fraction of sp³-hybridized carbons (Fsp3) is 0.733. The zero-order chi connectivity index (χ0) is 16.8. The lowest BCUT2D eigenvalue weighted by Gasteiger charge is -2.32. The molecule has 24 heavy (non-hydrogen) atoms. The summed E-state index contributed by atoms with van der Waals surface area (Å²) in [5.74, 6) is 0. The summed E-state index contributed by atoms with van der Waals surface area (Å²) in [6.45, 7) is 1.25. The van der Waals surface area contributed by atoms with Crippen molar-refractivity contribution in [2.24, 2.45) is 0 Å². The second kappa shape index (κ2) is 8.27. The molecule has 8 nitrogen and oxygen atoms in total. The number of nitrogens with zero attached hydrogens (tertiary/aromatic N) is 3. The minimum Gasteiger partial charge on any atom is -0.335 e. The maximum atomic E-state index is 12.1. The molecule has 2 aliphatic rings. The zero-order valence-corrected chi connectivity index (χ0v) is 14.5. The first-order valence-corrected chi connectivity index (χ1v) is 9.48. The summed E-state index contributed by atoms with van der Waals surface area (Å²) in [5, 5.41) is 16.9. The Morgan fingerprint density at radius 2 is 1.71 bits per heavy atom. The van der Waals surface area contributed by atoms with E-state index >= 15 is 0 Å². The summed E-state index contributed by atoms with van der Waals surface area (Å²) in [4.78, 5) is 25.9. The summed E-state index contributed by atoms with van der Waals surface area (Å²) in [6, 6.07) is 0.214. The summed E-state index contributed by atoms with van der Waals surface area (Å²) in [6.07, 6.45) is 7.37. The standard InChI is InChI=1S/C15H24N6O2S/c22-13(17-11-4-2-1-3-5-11)18-12-6-8-21(9-7-12)15(23)19-14-20-16-10-24-14/h10-12H,1-9H2,(H2,17,18,22)(H,19,20,23). The molecule has 3 rings (SSSR count). The molecule has 4 amide bonds.